The Labute approximate surface area is 96.9 Å². The highest BCUT2D eigenvalue weighted by molar-refractivity contribution is 5.77. The summed E-state index contributed by atoms with van der Waals surface area (Å²) in [6, 6.07) is 0. The maximum absolute atomic E-state index is 11.8. The highest BCUT2D eigenvalue weighted by Crippen LogP contribution is 2.31. The van der Waals surface area contributed by atoms with Crippen molar-refractivity contribution in [3.8, 4) is 0 Å². The Morgan fingerprint density at radius 2 is 2.12 bits per heavy atom. The SMILES string of the molecule is C=CCCC(CO)(CCCO)C(=O)OCC. The van der Waals surface area contributed by atoms with E-state index in [1.54, 1.807) is 13.0 Å². The molecule has 0 saturated carbocycles. The first-order valence-corrected chi connectivity index (χ1v) is 5.66. The predicted molar refractivity (Wildman–Crippen MR) is 61.9 cm³/mol. The molecule has 0 aliphatic heterocycles. The van der Waals surface area contributed by atoms with Crippen molar-refractivity contribution < 1.29 is 19.7 Å². The number of ether oxygens (including phenoxy) is 1. The summed E-state index contributed by atoms with van der Waals surface area (Å²) in [5, 5.41) is 18.2. The van der Waals surface area contributed by atoms with Gasteiger partial charge in [-0.25, -0.2) is 0 Å². The van der Waals surface area contributed by atoms with Crippen molar-refractivity contribution in [2.75, 3.05) is 19.8 Å². The molecule has 4 nitrogen and oxygen atoms in total. The van der Waals surface area contributed by atoms with Crippen LogP contribution in [0.1, 0.15) is 32.6 Å². The average Bonchev–Trinajstić information content (AvgIpc) is 2.30. The van der Waals surface area contributed by atoms with Gasteiger partial charge in [-0.05, 0) is 32.6 Å². The maximum Gasteiger partial charge on any atom is 0.314 e. The number of hydrogen-bond acceptors (Lipinski definition) is 4. The summed E-state index contributed by atoms with van der Waals surface area (Å²) in [4.78, 5) is 11.8. The van der Waals surface area contributed by atoms with Gasteiger partial charge in [0.25, 0.3) is 0 Å². The summed E-state index contributed by atoms with van der Waals surface area (Å²) in [6.45, 7) is 5.39. The van der Waals surface area contributed by atoms with Crippen molar-refractivity contribution in [2.24, 2.45) is 5.41 Å². The molecule has 0 aromatic rings. The van der Waals surface area contributed by atoms with Gasteiger partial charge in [0, 0.05) is 6.61 Å². The number of esters is 1. The minimum Gasteiger partial charge on any atom is -0.465 e. The Balaban J connectivity index is 4.63. The minimum absolute atomic E-state index is 0.00917. The van der Waals surface area contributed by atoms with Gasteiger partial charge in [-0.1, -0.05) is 6.08 Å². The third kappa shape index (κ3) is 4.33. The van der Waals surface area contributed by atoms with E-state index in [9.17, 15) is 9.90 Å². The molecule has 0 amide bonds. The number of carbonyl (C=O) groups excluding carboxylic acids is 1. The summed E-state index contributed by atoms with van der Waals surface area (Å²) >= 11 is 0. The molecule has 1 unspecified atom stereocenters. The van der Waals surface area contributed by atoms with E-state index < -0.39 is 5.41 Å². The number of aliphatic hydroxyl groups excluding tert-OH is 2. The lowest BCUT2D eigenvalue weighted by molar-refractivity contribution is -0.159. The van der Waals surface area contributed by atoms with E-state index in [1.165, 1.54) is 0 Å². The Hall–Kier alpha value is -0.870. The molecule has 0 saturated heterocycles. The lowest BCUT2D eigenvalue weighted by Gasteiger charge is -2.28. The molecule has 0 aromatic heterocycles. The molecule has 1 atom stereocenters. The Morgan fingerprint density at radius 1 is 1.44 bits per heavy atom. The van der Waals surface area contributed by atoms with Crippen LogP contribution < -0.4 is 0 Å². The van der Waals surface area contributed by atoms with Gasteiger partial charge in [0.1, 0.15) is 0 Å². The normalized spacial score (nSPS) is 14.2. The first kappa shape index (κ1) is 15.1. The van der Waals surface area contributed by atoms with Crippen molar-refractivity contribution in [1.29, 1.82) is 0 Å². The quantitative estimate of drug-likeness (QED) is 0.462. The van der Waals surface area contributed by atoms with Crippen molar-refractivity contribution in [3.63, 3.8) is 0 Å². The van der Waals surface area contributed by atoms with Gasteiger partial charge in [0.2, 0.25) is 0 Å². The highest BCUT2D eigenvalue weighted by Gasteiger charge is 2.37. The second-order valence-electron chi connectivity index (χ2n) is 3.81. The van der Waals surface area contributed by atoms with Gasteiger partial charge in [0.05, 0.1) is 18.6 Å². The molecule has 0 radical (unpaired) electrons. The van der Waals surface area contributed by atoms with E-state index in [-0.39, 0.29) is 19.2 Å². The number of aliphatic hydroxyl groups is 2. The third-order valence-electron chi connectivity index (χ3n) is 2.65. The minimum atomic E-state index is -0.882. The van der Waals surface area contributed by atoms with Crippen LogP contribution in [0.3, 0.4) is 0 Å². The van der Waals surface area contributed by atoms with E-state index in [0.717, 1.165) is 0 Å². The largest absolute Gasteiger partial charge is 0.465 e. The van der Waals surface area contributed by atoms with Crippen LogP contribution in [-0.4, -0.2) is 36.0 Å². The van der Waals surface area contributed by atoms with Crippen molar-refractivity contribution >= 4 is 5.97 Å². The lowest BCUT2D eigenvalue weighted by atomic mass is 9.79. The zero-order chi connectivity index (χ0) is 12.4. The Bertz CT molecular complexity index is 215. The molecule has 0 rings (SSSR count). The highest BCUT2D eigenvalue weighted by atomic mass is 16.5. The van der Waals surface area contributed by atoms with Crippen LogP contribution in [-0.2, 0) is 9.53 Å². The molecule has 0 fully saturated rings. The van der Waals surface area contributed by atoms with Crippen molar-refractivity contribution in [1.82, 2.24) is 0 Å². The predicted octanol–water partition coefficient (Wildman–Crippen LogP) is 1.27. The molecular weight excluding hydrogens is 208 g/mol. The first-order chi connectivity index (χ1) is 7.66. The smallest absolute Gasteiger partial charge is 0.314 e. The van der Waals surface area contributed by atoms with E-state index >= 15 is 0 Å². The van der Waals surface area contributed by atoms with Crippen LogP contribution in [0.5, 0.6) is 0 Å². The summed E-state index contributed by atoms with van der Waals surface area (Å²) in [7, 11) is 0. The lowest BCUT2D eigenvalue weighted by Crippen LogP contribution is -2.37. The summed E-state index contributed by atoms with van der Waals surface area (Å²) < 4.78 is 4.98. The third-order valence-corrected chi connectivity index (χ3v) is 2.65. The summed E-state index contributed by atoms with van der Waals surface area (Å²) in [5.74, 6) is -0.382. The molecule has 0 aliphatic carbocycles. The van der Waals surface area contributed by atoms with Crippen LogP contribution in [0, 0.1) is 5.41 Å². The first-order valence-electron chi connectivity index (χ1n) is 5.66. The van der Waals surface area contributed by atoms with Gasteiger partial charge in [-0.2, -0.15) is 0 Å². The van der Waals surface area contributed by atoms with E-state index in [2.05, 4.69) is 6.58 Å². The van der Waals surface area contributed by atoms with E-state index in [0.29, 0.717) is 32.3 Å². The molecule has 16 heavy (non-hydrogen) atoms. The molecule has 0 heterocycles. The fraction of sp³-hybridized carbons (Fsp3) is 0.750. The van der Waals surface area contributed by atoms with Crippen molar-refractivity contribution in [3.05, 3.63) is 12.7 Å². The molecule has 0 spiro atoms. The fourth-order valence-corrected chi connectivity index (χ4v) is 1.63. The maximum atomic E-state index is 11.8. The van der Waals surface area contributed by atoms with E-state index in [1.807, 2.05) is 0 Å². The summed E-state index contributed by atoms with van der Waals surface area (Å²) in [6.07, 6.45) is 3.78. The molecule has 0 aromatic carbocycles. The van der Waals surface area contributed by atoms with Crippen LogP contribution >= 0.6 is 0 Å². The average molecular weight is 230 g/mol. The monoisotopic (exact) mass is 230 g/mol. The molecular formula is C12H22O4. The van der Waals surface area contributed by atoms with Gasteiger partial charge in [-0.15, -0.1) is 6.58 Å². The van der Waals surface area contributed by atoms with Gasteiger partial charge < -0.3 is 14.9 Å². The van der Waals surface area contributed by atoms with Crippen LogP contribution in [0.25, 0.3) is 0 Å². The summed E-state index contributed by atoms with van der Waals surface area (Å²) in [5.41, 5.74) is -0.882. The Morgan fingerprint density at radius 3 is 2.56 bits per heavy atom. The molecule has 4 heteroatoms. The van der Waals surface area contributed by atoms with Gasteiger partial charge >= 0.3 is 5.97 Å². The number of carbonyl (C=O) groups is 1. The zero-order valence-electron chi connectivity index (χ0n) is 9.95. The molecule has 2 N–H and O–H groups in total. The Kier molecular flexibility index (Phi) is 7.85. The standard InChI is InChI=1S/C12H22O4/c1-3-5-7-12(10-14,8-6-9-13)11(15)16-4-2/h3,13-14H,1,4-10H2,2H3. The topological polar surface area (TPSA) is 66.8 Å². The molecule has 94 valence electrons. The second-order valence-corrected chi connectivity index (χ2v) is 3.81. The van der Waals surface area contributed by atoms with Gasteiger partial charge in [0.15, 0.2) is 0 Å². The van der Waals surface area contributed by atoms with Crippen LogP contribution in [0.4, 0.5) is 0 Å². The van der Waals surface area contributed by atoms with E-state index in [4.69, 9.17) is 9.84 Å². The van der Waals surface area contributed by atoms with Gasteiger partial charge in [-0.3, -0.25) is 4.79 Å². The molecule has 0 bridgehead atoms. The van der Waals surface area contributed by atoms with Crippen molar-refractivity contribution in [2.45, 2.75) is 32.6 Å². The van der Waals surface area contributed by atoms with Crippen LogP contribution in [0.2, 0.25) is 0 Å². The van der Waals surface area contributed by atoms with Crippen LogP contribution in [0.15, 0.2) is 12.7 Å². The number of rotatable bonds is 9. The molecule has 0 aliphatic rings. The fourth-order valence-electron chi connectivity index (χ4n) is 1.63. The number of hydrogen-bond donors (Lipinski definition) is 2. The second kappa shape index (κ2) is 8.30. The zero-order valence-corrected chi connectivity index (χ0v) is 9.95. The number of allylic oxidation sites excluding steroid dienone is 1.